The highest BCUT2D eigenvalue weighted by atomic mass is 32.2. The molecular weight excluding hydrogens is 312 g/mol. The molecule has 3 rings (SSSR count). The Bertz CT molecular complexity index is 836. The Kier molecular flexibility index (Phi) is 4.22. The molecule has 112 valence electrons. The molecule has 1 fully saturated rings. The van der Waals surface area contributed by atoms with E-state index in [9.17, 15) is 14.4 Å². The lowest BCUT2D eigenvalue weighted by Crippen LogP contribution is -2.44. The molecular formula is C17H10N2O3S. The zero-order valence-electron chi connectivity index (χ0n) is 11.9. The maximum Gasteiger partial charge on any atom is 0.307 e. The molecule has 0 atom stereocenters. The van der Waals surface area contributed by atoms with Crippen molar-refractivity contribution < 1.29 is 14.4 Å². The fourth-order valence-corrected chi connectivity index (χ4v) is 2.56. The van der Waals surface area contributed by atoms with Crippen LogP contribution in [0.2, 0.25) is 0 Å². The van der Waals surface area contributed by atoms with Crippen molar-refractivity contribution in [1.29, 1.82) is 0 Å². The van der Waals surface area contributed by atoms with Crippen LogP contribution in [0.3, 0.4) is 0 Å². The number of hydrogen-bond donors (Lipinski definition) is 0. The van der Waals surface area contributed by atoms with E-state index in [1.165, 1.54) is 6.20 Å². The Morgan fingerprint density at radius 1 is 0.957 bits per heavy atom. The first kappa shape index (κ1) is 15.0. The van der Waals surface area contributed by atoms with Gasteiger partial charge in [-0.05, 0) is 36.0 Å². The van der Waals surface area contributed by atoms with Crippen molar-refractivity contribution in [2.75, 3.05) is 11.4 Å². The van der Waals surface area contributed by atoms with Crippen LogP contribution in [-0.2, 0) is 14.4 Å². The van der Waals surface area contributed by atoms with Crippen LogP contribution < -0.4 is 4.90 Å². The first-order valence-electron chi connectivity index (χ1n) is 6.73. The number of benzene rings is 1. The van der Waals surface area contributed by atoms with Crippen LogP contribution in [0, 0.1) is 11.8 Å². The van der Waals surface area contributed by atoms with Crippen LogP contribution in [0.4, 0.5) is 5.82 Å². The topological polar surface area (TPSA) is 67.3 Å². The summed E-state index contributed by atoms with van der Waals surface area (Å²) in [6.07, 6.45) is 1.51. The molecule has 0 bridgehead atoms. The number of nitrogens with zero attached hydrogens (tertiary/aromatic N) is 2. The third-order valence-electron chi connectivity index (χ3n) is 3.06. The van der Waals surface area contributed by atoms with Gasteiger partial charge in [0.15, 0.2) is 0 Å². The minimum Gasteiger partial charge on any atom is -0.285 e. The number of hydrogen-bond acceptors (Lipinski definition) is 5. The number of carbonyl (C=O) groups is 3. The predicted octanol–water partition coefficient (Wildman–Crippen LogP) is 1.61. The third kappa shape index (κ3) is 3.47. The van der Waals surface area contributed by atoms with E-state index in [1.54, 1.807) is 12.1 Å². The fraction of sp³-hybridized carbons (Fsp3) is 0.0588. The minimum absolute atomic E-state index is 0.155. The summed E-state index contributed by atoms with van der Waals surface area (Å²) < 4.78 is 0. The second kappa shape index (κ2) is 6.46. The normalized spacial score (nSPS) is 14.4. The van der Waals surface area contributed by atoms with Gasteiger partial charge in [-0.25, -0.2) is 4.98 Å². The molecule has 0 saturated carbocycles. The summed E-state index contributed by atoms with van der Waals surface area (Å²) in [5.41, 5.74) is 1.56. The van der Waals surface area contributed by atoms with Gasteiger partial charge in [0.25, 0.3) is 5.12 Å². The molecule has 1 amide bonds. The molecule has 5 nitrogen and oxygen atoms in total. The van der Waals surface area contributed by atoms with E-state index in [0.29, 0.717) is 17.3 Å². The van der Waals surface area contributed by atoms with Crippen LogP contribution in [0.1, 0.15) is 11.1 Å². The molecule has 6 heteroatoms. The van der Waals surface area contributed by atoms with Gasteiger partial charge in [0.05, 0.1) is 6.54 Å². The number of pyridine rings is 1. The number of thioether (sulfide) groups is 1. The number of anilines is 1. The van der Waals surface area contributed by atoms with E-state index >= 15 is 0 Å². The van der Waals surface area contributed by atoms with Gasteiger partial charge in [-0.3, -0.25) is 19.3 Å². The number of rotatable bonds is 1. The molecule has 2 aromatic rings. The van der Waals surface area contributed by atoms with E-state index in [1.807, 2.05) is 30.3 Å². The van der Waals surface area contributed by atoms with Gasteiger partial charge in [-0.1, -0.05) is 30.0 Å². The van der Waals surface area contributed by atoms with Crippen molar-refractivity contribution in [2.45, 2.75) is 0 Å². The highest BCUT2D eigenvalue weighted by Crippen LogP contribution is 2.20. The Morgan fingerprint density at radius 2 is 1.70 bits per heavy atom. The highest BCUT2D eigenvalue weighted by molar-refractivity contribution is 8.27. The van der Waals surface area contributed by atoms with Gasteiger partial charge in [-0.15, -0.1) is 0 Å². The highest BCUT2D eigenvalue weighted by Gasteiger charge is 2.33. The average Bonchev–Trinajstić information content (AvgIpc) is 2.58. The van der Waals surface area contributed by atoms with Gasteiger partial charge >= 0.3 is 5.91 Å². The number of carbonyl (C=O) groups excluding carboxylic acids is 3. The smallest absolute Gasteiger partial charge is 0.285 e. The monoisotopic (exact) mass is 322 g/mol. The summed E-state index contributed by atoms with van der Waals surface area (Å²) in [6, 6.07) is 12.8. The van der Waals surface area contributed by atoms with Crippen molar-refractivity contribution in [2.24, 2.45) is 0 Å². The van der Waals surface area contributed by atoms with Gasteiger partial charge in [-0.2, -0.15) is 0 Å². The summed E-state index contributed by atoms with van der Waals surface area (Å²) in [4.78, 5) is 39.8. The van der Waals surface area contributed by atoms with E-state index < -0.39 is 11.0 Å². The summed E-state index contributed by atoms with van der Waals surface area (Å²) in [5.74, 6) is 5.50. The lowest BCUT2D eigenvalue weighted by atomic mass is 10.2. The molecule has 1 saturated heterocycles. The van der Waals surface area contributed by atoms with Crippen molar-refractivity contribution in [3.8, 4) is 11.8 Å². The van der Waals surface area contributed by atoms with Gasteiger partial charge in [0, 0.05) is 17.3 Å². The summed E-state index contributed by atoms with van der Waals surface area (Å²) in [7, 11) is 0. The van der Waals surface area contributed by atoms with E-state index in [2.05, 4.69) is 16.8 Å². The Balaban J connectivity index is 1.80. The van der Waals surface area contributed by atoms with Crippen molar-refractivity contribution in [3.05, 3.63) is 59.8 Å². The van der Waals surface area contributed by atoms with E-state index in [4.69, 9.17) is 0 Å². The third-order valence-corrected chi connectivity index (χ3v) is 3.78. The average molecular weight is 322 g/mol. The van der Waals surface area contributed by atoms with Crippen LogP contribution in [-0.4, -0.2) is 27.7 Å². The van der Waals surface area contributed by atoms with Crippen LogP contribution in [0.5, 0.6) is 0 Å². The Morgan fingerprint density at radius 3 is 2.39 bits per heavy atom. The first-order valence-corrected chi connectivity index (χ1v) is 7.55. The Hall–Kier alpha value is -2.91. The van der Waals surface area contributed by atoms with E-state index in [-0.39, 0.29) is 17.5 Å². The molecule has 0 aliphatic carbocycles. The first-order chi connectivity index (χ1) is 11.1. The number of aromatic nitrogens is 1. The molecule has 23 heavy (non-hydrogen) atoms. The molecule has 0 spiro atoms. The number of amides is 1. The maximum atomic E-state index is 11.8. The largest absolute Gasteiger partial charge is 0.307 e. The summed E-state index contributed by atoms with van der Waals surface area (Å²) >= 11 is 0.438. The van der Waals surface area contributed by atoms with Crippen molar-refractivity contribution in [3.63, 3.8) is 0 Å². The molecule has 0 unspecified atom stereocenters. The zero-order valence-corrected chi connectivity index (χ0v) is 12.7. The second-order valence-electron chi connectivity index (χ2n) is 4.67. The molecule has 1 aliphatic heterocycles. The Labute approximate surface area is 136 Å². The quantitative estimate of drug-likeness (QED) is 0.589. The standard InChI is InChI=1S/C17H10N2O3S/c20-15-11-19(16(21)17(22)23-15)14-9-8-13(10-18-14)7-6-12-4-2-1-3-5-12/h1-5,8-10H,11H2. The summed E-state index contributed by atoms with van der Waals surface area (Å²) in [6.45, 7) is -0.155. The molecule has 0 N–H and O–H groups in total. The molecule has 1 aromatic carbocycles. The molecule has 1 aliphatic rings. The van der Waals surface area contributed by atoms with Crippen LogP contribution in [0.15, 0.2) is 48.7 Å². The predicted molar refractivity (Wildman–Crippen MR) is 86.6 cm³/mol. The second-order valence-corrected chi connectivity index (χ2v) is 5.70. The lowest BCUT2D eigenvalue weighted by Gasteiger charge is -2.22. The van der Waals surface area contributed by atoms with Crippen LogP contribution in [0.25, 0.3) is 0 Å². The minimum atomic E-state index is -0.781. The van der Waals surface area contributed by atoms with Gasteiger partial charge in [0.2, 0.25) is 5.12 Å². The summed E-state index contributed by atoms with van der Waals surface area (Å²) in [5, 5.41) is -1.15. The molecule has 0 radical (unpaired) electrons. The van der Waals surface area contributed by atoms with Crippen molar-refractivity contribution in [1.82, 2.24) is 4.98 Å². The maximum absolute atomic E-state index is 11.8. The van der Waals surface area contributed by atoms with Crippen LogP contribution >= 0.6 is 11.8 Å². The SMILES string of the molecule is O=C1CN(c2ccc(C#Cc3ccccc3)cn2)C(=O)C(=O)S1. The molecule has 2 heterocycles. The van der Waals surface area contributed by atoms with Gasteiger partial charge < -0.3 is 0 Å². The molecule has 1 aromatic heterocycles. The van der Waals surface area contributed by atoms with Gasteiger partial charge in [0.1, 0.15) is 5.82 Å². The fourth-order valence-electron chi connectivity index (χ4n) is 1.96. The zero-order chi connectivity index (χ0) is 16.2. The lowest BCUT2D eigenvalue weighted by molar-refractivity contribution is -0.132. The van der Waals surface area contributed by atoms with Crippen molar-refractivity contribution >= 4 is 33.7 Å². The van der Waals surface area contributed by atoms with E-state index in [0.717, 1.165) is 10.5 Å².